The molecule has 2 aromatic rings. The van der Waals surface area contributed by atoms with Gasteiger partial charge < -0.3 is 5.73 Å². The third-order valence-corrected chi connectivity index (χ3v) is 3.34. The fraction of sp³-hybridized carbons (Fsp3) is 0.200. The number of halogens is 3. The first-order valence-electron chi connectivity index (χ1n) is 5.93. The Bertz CT molecular complexity index is 599. The molecule has 0 heterocycles. The summed E-state index contributed by atoms with van der Waals surface area (Å²) in [6.07, 6.45) is 0.434. The first-order chi connectivity index (χ1) is 8.97. The van der Waals surface area contributed by atoms with E-state index in [2.05, 4.69) is 0 Å². The summed E-state index contributed by atoms with van der Waals surface area (Å²) < 4.78 is 26.7. The van der Waals surface area contributed by atoms with E-state index in [0.717, 1.165) is 11.1 Å². The summed E-state index contributed by atoms with van der Waals surface area (Å²) in [5, 5.41) is 0.447. The number of hydrogen-bond acceptors (Lipinski definition) is 1. The molecule has 0 bridgehead atoms. The van der Waals surface area contributed by atoms with Crippen LogP contribution < -0.4 is 5.73 Å². The van der Waals surface area contributed by atoms with Crippen molar-refractivity contribution in [1.29, 1.82) is 0 Å². The molecule has 0 aromatic heterocycles. The first kappa shape index (κ1) is 14.0. The van der Waals surface area contributed by atoms with E-state index in [1.54, 1.807) is 13.0 Å². The van der Waals surface area contributed by atoms with Gasteiger partial charge in [0.25, 0.3) is 0 Å². The van der Waals surface area contributed by atoms with Crippen LogP contribution in [-0.2, 0) is 6.42 Å². The molecule has 2 rings (SSSR count). The summed E-state index contributed by atoms with van der Waals surface area (Å²) in [6, 6.07) is 8.29. The maximum absolute atomic E-state index is 13.7. The summed E-state index contributed by atoms with van der Waals surface area (Å²) in [5.74, 6) is -0.666. The Labute approximate surface area is 116 Å². The maximum Gasteiger partial charge on any atom is 0.128 e. The zero-order chi connectivity index (χ0) is 14.0. The van der Waals surface area contributed by atoms with Gasteiger partial charge in [0, 0.05) is 16.6 Å². The van der Waals surface area contributed by atoms with E-state index in [9.17, 15) is 8.78 Å². The monoisotopic (exact) mass is 281 g/mol. The lowest BCUT2D eigenvalue weighted by Gasteiger charge is -2.15. The van der Waals surface area contributed by atoms with Crippen molar-refractivity contribution < 1.29 is 8.78 Å². The van der Waals surface area contributed by atoms with Crippen LogP contribution in [0.4, 0.5) is 8.78 Å². The largest absolute Gasteiger partial charge is 0.324 e. The van der Waals surface area contributed by atoms with Gasteiger partial charge in [-0.2, -0.15) is 0 Å². The third kappa shape index (κ3) is 3.31. The normalized spacial score (nSPS) is 12.5. The Balaban J connectivity index is 2.25. The van der Waals surface area contributed by atoms with E-state index in [1.807, 2.05) is 0 Å². The molecule has 2 N–H and O–H groups in total. The van der Waals surface area contributed by atoms with Crippen LogP contribution in [0.2, 0.25) is 5.02 Å². The average molecular weight is 282 g/mol. The molecule has 0 aliphatic carbocycles. The molecule has 1 atom stereocenters. The fourth-order valence-electron chi connectivity index (χ4n) is 2.03. The summed E-state index contributed by atoms with van der Waals surface area (Å²) in [6.45, 7) is 1.81. The van der Waals surface area contributed by atoms with Gasteiger partial charge in [-0.3, -0.25) is 0 Å². The molecule has 0 spiro atoms. The van der Waals surface area contributed by atoms with Gasteiger partial charge in [-0.1, -0.05) is 17.7 Å². The Morgan fingerprint density at radius 2 is 1.89 bits per heavy atom. The summed E-state index contributed by atoms with van der Waals surface area (Å²) in [4.78, 5) is 0. The summed E-state index contributed by atoms with van der Waals surface area (Å²) >= 11 is 5.84. The van der Waals surface area contributed by atoms with Gasteiger partial charge in [0.1, 0.15) is 11.6 Å². The van der Waals surface area contributed by atoms with Crippen molar-refractivity contribution >= 4 is 11.6 Å². The van der Waals surface area contributed by atoms with E-state index < -0.39 is 6.04 Å². The van der Waals surface area contributed by atoms with Gasteiger partial charge in [0.2, 0.25) is 0 Å². The lowest BCUT2D eigenvalue weighted by atomic mass is 9.96. The topological polar surface area (TPSA) is 26.0 Å². The van der Waals surface area contributed by atoms with E-state index in [4.69, 9.17) is 17.3 Å². The quantitative estimate of drug-likeness (QED) is 0.898. The highest BCUT2D eigenvalue weighted by Gasteiger charge is 2.14. The standard InChI is InChI=1S/C15H14ClF2N/c1-9-6-12(17)4-2-10(9)7-15(19)13-8-11(16)3-5-14(13)18/h2-6,8,15H,7,19H2,1H3. The molecule has 0 saturated carbocycles. The van der Waals surface area contributed by atoms with Gasteiger partial charge >= 0.3 is 0 Å². The van der Waals surface area contributed by atoms with E-state index in [0.29, 0.717) is 17.0 Å². The molecular weight excluding hydrogens is 268 g/mol. The Morgan fingerprint density at radius 1 is 1.16 bits per heavy atom. The minimum atomic E-state index is -0.511. The van der Waals surface area contributed by atoms with Crippen LogP contribution in [0.15, 0.2) is 36.4 Å². The average Bonchev–Trinajstić information content (AvgIpc) is 2.35. The van der Waals surface area contributed by atoms with Crippen LogP contribution in [0, 0.1) is 18.6 Å². The van der Waals surface area contributed by atoms with Gasteiger partial charge in [-0.15, -0.1) is 0 Å². The van der Waals surface area contributed by atoms with Crippen molar-refractivity contribution in [1.82, 2.24) is 0 Å². The fourth-order valence-corrected chi connectivity index (χ4v) is 2.21. The second kappa shape index (κ2) is 5.68. The minimum Gasteiger partial charge on any atom is -0.324 e. The molecule has 19 heavy (non-hydrogen) atoms. The highest BCUT2D eigenvalue weighted by atomic mass is 35.5. The molecule has 0 saturated heterocycles. The third-order valence-electron chi connectivity index (χ3n) is 3.10. The van der Waals surface area contributed by atoms with Crippen LogP contribution in [0.3, 0.4) is 0 Å². The van der Waals surface area contributed by atoms with E-state index >= 15 is 0 Å². The van der Waals surface area contributed by atoms with Crippen molar-refractivity contribution in [3.63, 3.8) is 0 Å². The molecular formula is C15H14ClF2N. The van der Waals surface area contributed by atoms with E-state index in [1.165, 1.54) is 30.3 Å². The number of aryl methyl sites for hydroxylation is 1. The second-order valence-electron chi connectivity index (χ2n) is 4.55. The van der Waals surface area contributed by atoms with Crippen molar-refractivity contribution in [2.75, 3.05) is 0 Å². The molecule has 100 valence electrons. The Kier molecular flexibility index (Phi) is 4.17. The van der Waals surface area contributed by atoms with Gasteiger partial charge in [0.15, 0.2) is 0 Å². The van der Waals surface area contributed by atoms with Crippen LogP contribution in [0.5, 0.6) is 0 Å². The van der Waals surface area contributed by atoms with Crippen molar-refractivity contribution in [2.45, 2.75) is 19.4 Å². The summed E-state index contributed by atoms with van der Waals surface area (Å²) in [5.41, 5.74) is 8.08. The highest BCUT2D eigenvalue weighted by molar-refractivity contribution is 6.30. The SMILES string of the molecule is Cc1cc(F)ccc1CC(N)c1cc(Cl)ccc1F. The molecule has 0 aliphatic heterocycles. The Hall–Kier alpha value is -1.45. The molecule has 0 fully saturated rings. The number of nitrogens with two attached hydrogens (primary N) is 1. The molecule has 1 nitrogen and oxygen atoms in total. The Morgan fingerprint density at radius 3 is 2.58 bits per heavy atom. The van der Waals surface area contributed by atoms with Crippen molar-refractivity contribution in [3.8, 4) is 0 Å². The molecule has 1 unspecified atom stereocenters. The molecule has 4 heteroatoms. The smallest absolute Gasteiger partial charge is 0.128 e. The van der Waals surface area contributed by atoms with Crippen molar-refractivity contribution in [3.05, 3.63) is 69.7 Å². The summed E-state index contributed by atoms with van der Waals surface area (Å²) in [7, 11) is 0. The maximum atomic E-state index is 13.7. The predicted octanol–water partition coefficient (Wildman–Crippen LogP) is 4.17. The first-order valence-corrected chi connectivity index (χ1v) is 6.30. The number of benzene rings is 2. The highest BCUT2D eigenvalue weighted by Crippen LogP contribution is 2.24. The van der Waals surface area contributed by atoms with Gasteiger partial charge in [-0.25, -0.2) is 8.78 Å². The van der Waals surface area contributed by atoms with Gasteiger partial charge in [0.05, 0.1) is 0 Å². The zero-order valence-corrected chi connectivity index (χ0v) is 11.2. The van der Waals surface area contributed by atoms with Crippen LogP contribution in [0.25, 0.3) is 0 Å². The van der Waals surface area contributed by atoms with Crippen molar-refractivity contribution in [2.24, 2.45) is 5.73 Å². The second-order valence-corrected chi connectivity index (χ2v) is 4.98. The minimum absolute atomic E-state index is 0.288. The number of hydrogen-bond donors (Lipinski definition) is 1. The number of rotatable bonds is 3. The molecule has 2 aromatic carbocycles. The zero-order valence-electron chi connectivity index (χ0n) is 10.5. The van der Waals surface area contributed by atoms with Crippen LogP contribution in [0.1, 0.15) is 22.7 Å². The van der Waals surface area contributed by atoms with Gasteiger partial charge in [-0.05, 0) is 54.8 Å². The van der Waals surface area contributed by atoms with Crippen LogP contribution in [-0.4, -0.2) is 0 Å². The predicted molar refractivity (Wildman–Crippen MR) is 73.2 cm³/mol. The molecule has 0 radical (unpaired) electrons. The lowest BCUT2D eigenvalue weighted by molar-refractivity contribution is 0.579. The molecule has 0 aliphatic rings. The molecule has 0 amide bonds. The lowest BCUT2D eigenvalue weighted by Crippen LogP contribution is -2.15. The van der Waals surface area contributed by atoms with Crippen LogP contribution >= 0.6 is 11.6 Å². The van der Waals surface area contributed by atoms with E-state index in [-0.39, 0.29) is 11.6 Å².